The Morgan fingerprint density at radius 1 is 1.00 bits per heavy atom. The van der Waals surface area contributed by atoms with Crippen molar-refractivity contribution in [1.29, 1.82) is 0 Å². The molecular formula is C29H48O3. The standard InChI is InChI=1S/C29H48O3/c1-18(2)8-7-9-19(3)23-10-11-24-22-17-27(31)26-16-21(32-20(4)30)12-14-29(26,6)25(22)13-15-28(23,24)5/h18-19,21-26H,7-17H2,1-6H3/t19-,21+,22+,23-,24+,25?,26+,28-,29-/m1/s1. The van der Waals surface area contributed by atoms with Gasteiger partial charge >= 0.3 is 5.97 Å². The maximum Gasteiger partial charge on any atom is 0.302 e. The van der Waals surface area contributed by atoms with Crippen LogP contribution in [0.15, 0.2) is 0 Å². The highest BCUT2D eigenvalue weighted by Crippen LogP contribution is 2.68. The van der Waals surface area contributed by atoms with E-state index in [9.17, 15) is 9.59 Å². The van der Waals surface area contributed by atoms with E-state index in [1.807, 2.05) is 0 Å². The van der Waals surface area contributed by atoms with Crippen LogP contribution in [0.5, 0.6) is 0 Å². The zero-order valence-electron chi connectivity index (χ0n) is 21.6. The fourth-order valence-electron chi connectivity index (χ4n) is 9.37. The summed E-state index contributed by atoms with van der Waals surface area (Å²) in [6.45, 7) is 13.7. The summed E-state index contributed by atoms with van der Waals surface area (Å²) in [7, 11) is 0. The third kappa shape index (κ3) is 4.20. The van der Waals surface area contributed by atoms with Gasteiger partial charge in [-0.2, -0.15) is 0 Å². The van der Waals surface area contributed by atoms with E-state index < -0.39 is 0 Å². The number of hydrogen-bond donors (Lipinski definition) is 0. The summed E-state index contributed by atoms with van der Waals surface area (Å²) in [6, 6.07) is 0. The van der Waals surface area contributed by atoms with E-state index in [1.165, 1.54) is 51.9 Å². The molecular weight excluding hydrogens is 396 g/mol. The van der Waals surface area contributed by atoms with Crippen molar-refractivity contribution >= 4 is 11.8 Å². The average Bonchev–Trinajstić information content (AvgIpc) is 3.06. The van der Waals surface area contributed by atoms with E-state index in [0.29, 0.717) is 23.0 Å². The molecule has 4 fully saturated rings. The van der Waals surface area contributed by atoms with Crippen molar-refractivity contribution in [2.24, 2.45) is 52.3 Å². The predicted molar refractivity (Wildman–Crippen MR) is 129 cm³/mol. The maximum atomic E-state index is 13.5. The average molecular weight is 445 g/mol. The summed E-state index contributed by atoms with van der Waals surface area (Å²) in [6.07, 6.45) is 12.9. The molecule has 0 amide bonds. The first kappa shape index (κ1) is 24.3. The minimum Gasteiger partial charge on any atom is -0.463 e. The van der Waals surface area contributed by atoms with Gasteiger partial charge in [-0.25, -0.2) is 0 Å². The van der Waals surface area contributed by atoms with E-state index >= 15 is 0 Å². The zero-order chi connectivity index (χ0) is 23.3. The SMILES string of the molecule is CC(=O)O[C@H]1CC[C@]2(C)C3CC[C@]4(C)[C@@H]([C@H](C)CCCC(C)C)CC[C@H]4[C@@H]3CC(=O)[C@@H]2C1. The number of Topliss-reactive ketones (excluding diaryl/α,β-unsaturated/α-hetero) is 1. The van der Waals surface area contributed by atoms with E-state index in [0.717, 1.165) is 49.4 Å². The molecule has 0 radical (unpaired) electrons. The van der Waals surface area contributed by atoms with Gasteiger partial charge in [0.1, 0.15) is 11.9 Å². The van der Waals surface area contributed by atoms with Crippen LogP contribution in [0.3, 0.4) is 0 Å². The van der Waals surface area contributed by atoms with Crippen LogP contribution in [0.4, 0.5) is 0 Å². The Hall–Kier alpha value is -0.860. The molecule has 0 bridgehead atoms. The summed E-state index contributed by atoms with van der Waals surface area (Å²) in [4.78, 5) is 25.0. The number of fused-ring (bicyclic) bond motifs is 5. The third-order valence-corrected chi connectivity index (χ3v) is 10.9. The predicted octanol–water partition coefficient (Wildman–Crippen LogP) is 7.22. The van der Waals surface area contributed by atoms with Gasteiger partial charge in [-0.3, -0.25) is 9.59 Å². The molecule has 3 nitrogen and oxygen atoms in total. The number of ketones is 1. The lowest BCUT2D eigenvalue weighted by molar-refractivity contribution is -0.169. The number of hydrogen-bond acceptors (Lipinski definition) is 3. The van der Waals surface area contributed by atoms with Crippen LogP contribution in [-0.2, 0) is 14.3 Å². The number of ether oxygens (including phenoxy) is 1. The molecule has 32 heavy (non-hydrogen) atoms. The van der Waals surface area contributed by atoms with E-state index in [4.69, 9.17) is 4.74 Å². The van der Waals surface area contributed by atoms with E-state index in [-0.39, 0.29) is 23.4 Å². The van der Waals surface area contributed by atoms with Gasteiger partial charge < -0.3 is 4.74 Å². The number of esters is 1. The van der Waals surface area contributed by atoms with Gasteiger partial charge in [-0.15, -0.1) is 0 Å². The van der Waals surface area contributed by atoms with Crippen molar-refractivity contribution in [2.45, 2.75) is 118 Å². The molecule has 9 atom stereocenters. The summed E-state index contributed by atoms with van der Waals surface area (Å²) in [5, 5.41) is 0. The smallest absolute Gasteiger partial charge is 0.302 e. The van der Waals surface area contributed by atoms with Gasteiger partial charge in [-0.1, -0.05) is 53.9 Å². The molecule has 0 spiro atoms. The van der Waals surface area contributed by atoms with Gasteiger partial charge in [0.15, 0.2) is 0 Å². The molecule has 0 aliphatic heterocycles. The molecule has 4 aliphatic carbocycles. The molecule has 4 rings (SSSR count). The Morgan fingerprint density at radius 3 is 2.38 bits per heavy atom. The Kier molecular flexibility index (Phi) is 6.87. The molecule has 0 N–H and O–H groups in total. The first-order valence-electron chi connectivity index (χ1n) is 13.8. The van der Waals surface area contributed by atoms with Crippen molar-refractivity contribution < 1.29 is 14.3 Å². The van der Waals surface area contributed by atoms with Crippen molar-refractivity contribution in [3.63, 3.8) is 0 Å². The Bertz CT molecular complexity index is 713. The third-order valence-electron chi connectivity index (χ3n) is 10.9. The highest BCUT2D eigenvalue weighted by molar-refractivity contribution is 5.83. The van der Waals surface area contributed by atoms with Gasteiger partial charge in [-0.05, 0) is 91.3 Å². The minimum atomic E-state index is -0.201. The number of carbonyl (C=O) groups is 2. The summed E-state index contributed by atoms with van der Waals surface area (Å²) in [5.74, 6) is 4.81. The molecule has 4 aliphatic rings. The van der Waals surface area contributed by atoms with Crippen LogP contribution in [0, 0.1) is 52.3 Å². The van der Waals surface area contributed by atoms with Crippen molar-refractivity contribution in [1.82, 2.24) is 0 Å². The molecule has 1 unspecified atom stereocenters. The fourth-order valence-corrected chi connectivity index (χ4v) is 9.37. The van der Waals surface area contributed by atoms with Crippen LogP contribution >= 0.6 is 0 Å². The molecule has 0 saturated heterocycles. The van der Waals surface area contributed by atoms with Crippen LogP contribution in [0.1, 0.15) is 112 Å². The fraction of sp³-hybridized carbons (Fsp3) is 0.931. The van der Waals surface area contributed by atoms with Gasteiger partial charge in [0.05, 0.1) is 0 Å². The monoisotopic (exact) mass is 444 g/mol. The number of rotatable bonds is 6. The highest BCUT2D eigenvalue weighted by Gasteiger charge is 2.62. The summed E-state index contributed by atoms with van der Waals surface area (Å²) < 4.78 is 5.55. The Labute approximate surface area is 196 Å². The van der Waals surface area contributed by atoms with E-state index in [1.54, 1.807) is 0 Å². The largest absolute Gasteiger partial charge is 0.463 e. The first-order valence-corrected chi connectivity index (χ1v) is 13.8. The van der Waals surface area contributed by atoms with Crippen molar-refractivity contribution in [2.75, 3.05) is 0 Å². The second kappa shape index (κ2) is 9.06. The molecule has 0 aromatic rings. The van der Waals surface area contributed by atoms with Crippen LogP contribution < -0.4 is 0 Å². The van der Waals surface area contributed by atoms with Crippen molar-refractivity contribution in [3.05, 3.63) is 0 Å². The lowest BCUT2D eigenvalue weighted by atomic mass is 9.44. The van der Waals surface area contributed by atoms with Crippen LogP contribution in [-0.4, -0.2) is 17.9 Å². The van der Waals surface area contributed by atoms with Crippen molar-refractivity contribution in [3.8, 4) is 0 Å². The lowest BCUT2D eigenvalue weighted by Gasteiger charge is -2.60. The second-order valence-electron chi connectivity index (χ2n) is 13.1. The highest BCUT2D eigenvalue weighted by atomic mass is 16.5. The summed E-state index contributed by atoms with van der Waals surface area (Å²) in [5.41, 5.74) is 0.537. The van der Waals surface area contributed by atoms with Gasteiger partial charge in [0, 0.05) is 19.3 Å². The Morgan fingerprint density at radius 2 is 1.69 bits per heavy atom. The molecule has 0 aromatic heterocycles. The van der Waals surface area contributed by atoms with Gasteiger partial charge in [0.25, 0.3) is 0 Å². The minimum absolute atomic E-state index is 0.0533. The van der Waals surface area contributed by atoms with Crippen LogP contribution in [0.2, 0.25) is 0 Å². The molecule has 4 saturated carbocycles. The molecule has 0 aromatic carbocycles. The zero-order valence-corrected chi connectivity index (χ0v) is 21.6. The Balaban J connectivity index is 1.48. The normalized spacial score (nSPS) is 44.5. The lowest BCUT2D eigenvalue weighted by Crippen LogP contribution is -2.57. The molecule has 0 heterocycles. The quantitative estimate of drug-likeness (QED) is 0.406. The molecule has 3 heteroatoms. The van der Waals surface area contributed by atoms with E-state index in [2.05, 4.69) is 34.6 Å². The number of carbonyl (C=O) groups excluding carboxylic acids is 2. The van der Waals surface area contributed by atoms with Gasteiger partial charge in [0.2, 0.25) is 0 Å². The molecule has 182 valence electrons. The second-order valence-corrected chi connectivity index (χ2v) is 13.1. The maximum absolute atomic E-state index is 13.5. The topological polar surface area (TPSA) is 43.4 Å². The first-order chi connectivity index (χ1) is 15.1. The summed E-state index contributed by atoms with van der Waals surface area (Å²) >= 11 is 0. The van der Waals surface area contributed by atoms with Crippen LogP contribution in [0.25, 0.3) is 0 Å².